The first kappa shape index (κ1) is 11.5. The fourth-order valence-corrected chi connectivity index (χ4v) is 1.97. The second-order valence-electron chi connectivity index (χ2n) is 4.73. The van der Waals surface area contributed by atoms with Crippen LogP contribution < -0.4 is 5.32 Å². The van der Waals surface area contributed by atoms with E-state index in [2.05, 4.69) is 32.2 Å². The van der Waals surface area contributed by atoms with Crippen LogP contribution in [0, 0.1) is 11.3 Å². The fourth-order valence-electron chi connectivity index (χ4n) is 1.97. The topological polar surface area (TPSA) is 45.0 Å². The van der Waals surface area contributed by atoms with Gasteiger partial charge in [-0.25, -0.2) is 0 Å². The summed E-state index contributed by atoms with van der Waals surface area (Å²) in [5, 5.41) is 12.0. The van der Waals surface area contributed by atoms with Crippen LogP contribution in [0.25, 0.3) is 0 Å². The predicted molar refractivity (Wildman–Crippen MR) is 55.9 cm³/mol. The smallest absolute Gasteiger partial charge is 0.0641 e. The highest BCUT2D eigenvalue weighted by molar-refractivity contribution is 4.86. The molecule has 0 aromatic carbocycles. The van der Waals surface area contributed by atoms with Crippen LogP contribution in [0.3, 0.4) is 0 Å². The molecule has 0 radical (unpaired) electrons. The first-order valence-electron chi connectivity index (χ1n) is 5.30. The number of ether oxygens (including phenoxy) is 1. The van der Waals surface area contributed by atoms with Crippen molar-refractivity contribution in [2.45, 2.75) is 57.7 Å². The zero-order valence-electron chi connectivity index (χ0n) is 9.34. The number of rotatable bonds is 3. The SMILES string of the molecule is CC(CC#N)NC1CCOC(C)(C)C1. The molecule has 3 nitrogen and oxygen atoms in total. The maximum Gasteiger partial charge on any atom is 0.0641 e. The summed E-state index contributed by atoms with van der Waals surface area (Å²) in [5.74, 6) is 0. The molecule has 2 unspecified atom stereocenters. The van der Waals surface area contributed by atoms with Crippen molar-refractivity contribution in [3.63, 3.8) is 0 Å². The van der Waals surface area contributed by atoms with Crippen LogP contribution in [-0.4, -0.2) is 24.3 Å². The third-order valence-corrected chi connectivity index (χ3v) is 2.61. The van der Waals surface area contributed by atoms with E-state index in [9.17, 15) is 0 Å². The minimum atomic E-state index is -0.0116. The Hall–Kier alpha value is -0.590. The van der Waals surface area contributed by atoms with E-state index in [0.29, 0.717) is 18.5 Å². The standard InChI is InChI=1S/C11H20N2O/c1-9(4-6-12)13-10-5-7-14-11(2,3)8-10/h9-10,13H,4-5,7-8H2,1-3H3. The lowest BCUT2D eigenvalue weighted by atomic mass is 9.93. The van der Waals surface area contributed by atoms with E-state index < -0.39 is 0 Å². The number of nitrogens with zero attached hydrogens (tertiary/aromatic N) is 1. The highest BCUT2D eigenvalue weighted by atomic mass is 16.5. The lowest BCUT2D eigenvalue weighted by molar-refractivity contribution is -0.0638. The quantitative estimate of drug-likeness (QED) is 0.749. The van der Waals surface area contributed by atoms with Gasteiger partial charge < -0.3 is 10.1 Å². The van der Waals surface area contributed by atoms with Crippen molar-refractivity contribution < 1.29 is 4.74 Å². The van der Waals surface area contributed by atoms with Gasteiger partial charge >= 0.3 is 0 Å². The number of nitriles is 1. The third kappa shape index (κ3) is 3.65. The van der Waals surface area contributed by atoms with Gasteiger partial charge in [-0.05, 0) is 33.6 Å². The average molecular weight is 196 g/mol. The Bertz CT molecular complexity index is 220. The minimum absolute atomic E-state index is 0.0116. The highest BCUT2D eigenvalue weighted by Crippen LogP contribution is 2.24. The molecule has 1 aliphatic heterocycles. The van der Waals surface area contributed by atoms with Crippen LogP contribution in [0.2, 0.25) is 0 Å². The first-order chi connectivity index (χ1) is 6.53. The van der Waals surface area contributed by atoms with Crippen molar-refractivity contribution in [3.05, 3.63) is 0 Å². The Balaban J connectivity index is 2.35. The molecule has 0 amide bonds. The van der Waals surface area contributed by atoms with Gasteiger partial charge in [-0.3, -0.25) is 0 Å². The maximum absolute atomic E-state index is 8.55. The molecule has 1 aliphatic rings. The molecule has 1 saturated heterocycles. The molecule has 0 aliphatic carbocycles. The van der Waals surface area contributed by atoms with Gasteiger partial charge in [0.15, 0.2) is 0 Å². The predicted octanol–water partition coefficient (Wildman–Crippen LogP) is 1.84. The molecular weight excluding hydrogens is 176 g/mol. The van der Waals surface area contributed by atoms with E-state index in [1.807, 2.05) is 0 Å². The maximum atomic E-state index is 8.55. The summed E-state index contributed by atoms with van der Waals surface area (Å²) in [5.41, 5.74) is -0.0116. The molecule has 80 valence electrons. The summed E-state index contributed by atoms with van der Waals surface area (Å²) in [6.45, 7) is 7.13. The van der Waals surface area contributed by atoms with E-state index in [1.54, 1.807) is 0 Å². The molecule has 1 heterocycles. The monoisotopic (exact) mass is 196 g/mol. The number of hydrogen-bond donors (Lipinski definition) is 1. The van der Waals surface area contributed by atoms with E-state index in [1.165, 1.54) is 0 Å². The lowest BCUT2D eigenvalue weighted by Gasteiger charge is -2.37. The van der Waals surface area contributed by atoms with Gasteiger partial charge in [0.25, 0.3) is 0 Å². The van der Waals surface area contributed by atoms with Crippen molar-refractivity contribution in [3.8, 4) is 6.07 Å². The van der Waals surface area contributed by atoms with Gasteiger partial charge in [-0.15, -0.1) is 0 Å². The Kier molecular flexibility index (Phi) is 3.91. The zero-order valence-corrected chi connectivity index (χ0v) is 9.34. The molecule has 0 spiro atoms. The van der Waals surface area contributed by atoms with E-state index >= 15 is 0 Å². The summed E-state index contributed by atoms with van der Waals surface area (Å²) in [6.07, 6.45) is 2.67. The second kappa shape index (κ2) is 4.77. The van der Waals surface area contributed by atoms with Crippen molar-refractivity contribution in [1.29, 1.82) is 5.26 Å². The van der Waals surface area contributed by atoms with Gasteiger partial charge in [0.05, 0.1) is 18.1 Å². The highest BCUT2D eigenvalue weighted by Gasteiger charge is 2.29. The van der Waals surface area contributed by atoms with Crippen LogP contribution in [0.4, 0.5) is 0 Å². The second-order valence-corrected chi connectivity index (χ2v) is 4.73. The Morgan fingerprint density at radius 1 is 1.64 bits per heavy atom. The summed E-state index contributed by atoms with van der Waals surface area (Å²) >= 11 is 0. The van der Waals surface area contributed by atoms with Gasteiger partial charge in [-0.1, -0.05) is 0 Å². The van der Waals surface area contributed by atoms with Crippen molar-refractivity contribution in [2.24, 2.45) is 0 Å². The number of hydrogen-bond acceptors (Lipinski definition) is 3. The molecule has 1 rings (SSSR count). The molecule has 1 N–H and O–H groups in total. The molecule has 0 aromatic heterocycles. The van der Waals surface area contributed by atoms with E-state index in [0.717, 1.165) is 19.4 Å². The molecule has 2 atom stereocenters. The zero-order chi connectivity index (χ0) is 10.6. The van der Waals surface area contributed by atoms with Crippen molar-refractivity contribution in [2.75, 3.05) is 6.61 Å². The van der Waals surface area contributed by atoms with Crippen LogP contribution in [0.5, 0.6) is 0 Å². The van der Waals surface area contributed by atoms with E-state index in [4.69, 9.17) is 10.00 Å². The molecule has 0 saturated carbocycles. The third-order valence-electron chi connectivity index (χ3n) is 2.61. The van der Waals surface area contributed by atoms with Gasteiger partial charge in [0.2, 0.25) is 0 Å². The van der Waals surface area contributed by atoms with Crippen molar-refractivity contribution in [1.82, 2.24) is 5.32 Å². The van der Waals surface area contributed by atoms with E-state index in [-0.39, 0.29) is 5.60 Å². The van der Waals surface area contributed by atoms with Crippen LogP contribution in [0.1, 0.15) is 40.0 Å². The summed E-state index contributed by atoms with van der Waals surface area (Å²) in [6, 6.07) is 2.98. The van der Waals surface area contributed by atoms with Crippen LogP contribution in [0.15, 0.2) is 0 Å². The van der Waals surface area contributed by atoms with Gasteiger partial charge in [0.1, 0.15) is 0 Å². The molecule has 0 bridgehead atoms. The first-order valence-corrected chi connectivity index (χ1v) is 5.30. The summed E-state index contributed by atoms with van der Waals surface area (Å²) in [4.78, 5) is 0. The van der Waals surface area contributed by atoms with Crippen molar-refractivity contribution >= 4 is 0 Å². The lowest BCUT2D eigenvalue weighted by Crippen LogP contribution is -2.46. The Labute approximate surface area is 86.4 Å². The normalized spacial score (nSPS) is 28.0. The fraction of sp³-hybridized carbons (Fsp3) is 0.909. The van der Waals surface area contributed by atoms with Crippen LogP contribution >= 0.6 is 0 Å². The Morgan fingerprint density at radius 3 is 2.93 bits per heavy atom. The summed E-state index contributed by atoms with van der Waals surface area (Å²) < 4.78 is 5.63. The molecule has 14 heavy (non-hydrogen) atoms. The largest absolute Gasteiger partial charge is 0.375 e. The molecular formula is C11H20N2O. The van der Waals surface area contributed by atoms with Gasteiger partial charge in [0, 0.05) is 18.7 Å². The molecule has 3 heteroatoms. The molecule has 1 fully saturated rings. The average Bonchev–Trinajstić information content (AvgIpc) is 2.02. The van der Waals surface area contributed by atoms with Gasteiger partial charge in [-0.2, -0.15) is 5.26 Å². The molecule has 0 aromatic rings. The Morgan fingerprint density at radius 2 is 2.36 bits per heavy atom. The minimum Gasteiger partial charge on any atom is -0.375 e. The summed E-state index contributed by atoms with van der Waals surface area (Å²) in [7, 11) is 0. The van der Waals surface area contributed by atoms with Crippen LogP contribution in [-0.2, 0) is 4.74 Å². The number of nitrogens with one attached hydrogen (secondary N) is 1.